The van der Waals surface area contributed by atoms with Crippen LogP contribution in [0, 0.1) is 31.7 Å². The molecule has 6 heteroatoms. The standard InChI is InChI=1S/C30H32GeNS.C13H24O2.Ir/c1-18-13-20-15-21(16-26(30(3,4)5)25(20)14-19(18)2)28-29-24(11-12-32-28)23-10-9-22(31(6,7)8)17-27(23)33-29;1-5-10(6-2)12(14)9-13(15)11(7-3)8-4;/h9-14,16-17H,1-8H3;9-11,14H,5-8H2,1-4H3;/q-1;;/b;12-9-;. The Labute approximate surface area is 315 Å². The number of rotatable bonds is 9. The Morgan fingerprint density at radius 3 is 2.06 bits per heavy atom. The molecule has 0 amide bonds. The molecule has 1 radical (unpaired) electrons. The molecule has 3 aromatic carbocycles. The van der Waals surface area contributed by atoms with Gasteiger partial charge >= 0.3 is 198 Å². The van der Waals surface area contributed by atoms with Crippen molar-refractivity contribution in [3.63, 3.8) is 0 Å². The zero-order chi connectivity index (χ0) is 35.6. The van der Waals surface area contributed by atoms with Crippen LogP contribution in [0.3, 0.4) is 0 Å². The second-order valence-electron chi connectivity index (χ2n) is 15.4. The molecular formula is C43H56GeIrNO2S-. The normalized spacial score (nSPS) is 12.5. The van der Waals surface area contributed by atoms with Gasteiger partial charge in [0.1, 0.15) is 0 Å². The van der Waals surface area contributed by atoms with Crippen LogP contribution in [0.25, 0.3) is 42.2 Å². The van der Waals surface area contributed by atoms with Gasteiger partial charge in [-0.1, -0.05) is 27.7 Å². The SMILES string of the molecule is CCC(CC)C(=O)/C=C(\O)C(CC)CC.Cc1cc2[c-]c(-c3nccc4c3sc3c[c]([Ge]([CH3])([CH3])[CH3])ccc34)cc(C(C)(C)C)c2cc1C.[Ir]. The summed E-state index contributed by atoms with van der Waals surface area (Å²) in [6.45, 7) is 19.4. The molecular weight excluding hydrogens is 859 g/mol. The third-order valence-electron chi connectivity index (χ3n) is 9.88. The molecule has 265 valence electrons. The number of thiophene rings is 1. The van der Waals surface area contributed by atoms with Crippen LogP contribution in [-0.4, -0.2) is 29.1 Å². The fourth-order valence-electron chi connectivity index (χ4n) is 6.43. The second kappa shape index (κ2) is 16.8. The predicted molar refractivity (Wildman–Crippen MR) is 214 cm³/mol. The summed E-state index contributed by atoms with van der Waals surface area (Å²) in [6.07, 6.45) is 6.87. The number of pyridine rings is 1. The fraction of sp³-hybridized carbons (Fsp3) is 0.442. The van der Waals surface area contributed by atoms with E-state index in [1.807, 2.05) is 45.2 Å². The van der Waals surface area contributed by atoms with Crippen molar-refractivity contribution >= 4 is 65.7 Å². The first-order chi connectivity index (χ1) is 22.5. The van der Waals surface area contributed by atoms with Gasteiger partial charge in [-0.25, -0.2) is 0 Å². The van der Waals surface area contributed by atoms with E-state index < -0.39 is 13.3 Å². The summed E-state index contributed by atoms with van der Waals surface area (Å²) in [5.74, 6) is 7.93. The average Bonchev–Trinajstić information content (AvgIpc) is 3.40. The number of ketones is 1. The Hall–Kier alpha value is -2.31. The molecule has 0 fully saturated rings. The molecule has 0 spiro atoms. The zero-order valence-corrected chi connectivity index (χ0v) is 37.0. The number of nitrogens with zero attached hydrogens (tertiary/aromatic N) is 1. The molecule has 0 saturated carbocycles. The average molecular weight is 916 g/mol. The third-order valence-corrected chi connectivity index (χ3v) is 15.3. The van der Waals surface area contributed by atoms with E-state index in [0.717, 1.165) is 36.9 Å². The smallest absolute Gasteiger partial charge is 0.0408 e. The van der Waals surface area contributed by atoms with Gasteiger partial charge in [0.25, 0.3) is 0 Å². The van der Waals surface area contributed by atoms with Crippen LogP contribution < -0.4 is 4.40 Å². The van der Waals surface area contributed by atoms with Crippen molar-refractivity contribution < 1.29 is 30.0 Å². The molecule has 0 atom stereocenters. The van der Waals surface area contributed by atoms with E-state index in [1.165, 1.54) is 53.7 Å². The molecule has 49 heavy (non-hydrogen) atoms. The van der Waals surface area contributed by atoms with Crippen molar-refractivity contribution in [2.75, 3.05) is 0 Å². The van der Waals surface area contributed by atoms with Crippen LogP contribution in [0.5, 0.6) is 0 Å². The van der Waals surface area contributed by atoms with Gasteiger partial charge < -0.3 is 5.11 Å². The van der Waals surface area contributed by atoms with Gasteiger partial charge in [0, 0.05) is 38.0 Å². The number of aromatic nitrogens is 1. The van der Waals surface area contributed by atoms with E-state index in [9.17, 15) is 9.90 Å². The van der Waals surface area contributed by atoms with Crippen molar-refractivity contribution in [1.82, 2.24) is 4.98 Å². The number of allylic oxidation sites excluding steroid dienone is 2. The Morgan fingerprint density at radius 1 is 0.878 bits per heavy atom. The number of carbonyl (C=O) groups is 1. The summed E-state index contributed by atoms with van der Waals surface area (Å²) in [5.41, 5.74) is 6.19. The molecule has 0 saturated heterocycles. The number of carbonyl (C=O) groups excluding carboxylic acids is 1. The van der Waals surface area contributed by atoms with E-state index in [1.54, 1.807) is 4.40 Å². The minimum Gasteiger partial charge on any atom is -0.0408 e. The van der Waals surface area contributed by atoms with Crippen LogP contribution in [0.1, 0.15) is 90.8 Å². The van der Waals surface area contributed by atoms with Gasteiger partial charge in [-0.05, 0) is 32.6 Å². The Morgan fingerprint density at radius 2 is 1.49 bits per heavy atom. The number of benzene rings is 3. The van der Waals surface area contributed by atoms with Gasteiger partial charge in [0.15, 0.2) is 5.78 Å². The van der Waals surface area contributed by atoms with Crippen LogP contribution in [0.2, 0.25) is 17.3 Å². The molecule has 0 aliphatic carbocycles. The van der Waals surface area contributed by atoms with Gasteiger partial charge in [0.2, 0.25) is 0 Å². The third kappa shape index (κ3) is 9.33. The quantitative estimate of drug-likeness (QED) is 0.0694. The minimum absolute atomic E-state index is 0. The molecule has 2 heterocycles. The van der Waals surface area contributed by atoms with Crippen LogP contribution in [0.4, 0.5) is 0 Å². The predicted octanol–water partition coefficient (Wildman–Crippen LogP) is 12.4. The van der Waals surface area contributed by atoms with Crippen molar-refractivity contribution in [3.8, 4) is 11.3 Å². The maximum absolute atomic E-state index is 11.7. The van der Waals surface area contributed by atoms with Gasteiger partial charge in [0.05, 0.1) is 5.76 Å². The molecule has 0 bridgehead atoms. The van der Waals surface area contributed by atoms with Gasteiger partial charge in [-0.3, -0.25) is 4.79 Å². The van der Waals surface area contributed by atoms with Crippen LogP contribution in [0.15, 0.2) is 60.5 Å². The summed E-state index contributed by atoms with van der Waals surface area (Å²) in [6, 6.07) is 20.0. The fourth-order valence-corrected chi connectivity index (χ4v) is 10.3. The maximum atomic E-state index is 11.7. The molecule has 3 nitrogen and oxygen atoms in total. The summed E-state index contributed by atoms with van der Waals surface area (Å²) in [7, 11) is 0. The number of hydrogen-bond acceptors (Lipinski definition) is 4. The van der Waals surface area contributed by atoms with E-state index in [0.29, 0.717) is 0 Å². The van der Waals surface area contributed by atoms with E-state index in [4.69, 9.17) is 4.98 Å². The summed E-state index contributed by atoms with van der Waals surface area (Å²) >= 11 is 0.000636. The van der Waals surface area contributed by atoms with E-state index in [-0.39, 0.29) is 48.9 Å². The molecule has 5 rings (SSSR count). The summed E-state index contributed by atoms with van der Waals surface area (Å²) < 4.78 is 4.20. The second-order valence-corrected chi connectivity index (χ2v) is 27.1. The first-order valence-corrected chi connectivity index (χ1v) is 25.9. The van der Waals surface area contributed by atoms with Gasteiger partial charge in [-0.15, -0.1) is 0 Å². The van der Waals surface area contributed by atoms with Crippen LogP contribution in [-0.2, 0) is 30.3 Å². The van der Waals surface area contributed by atoms with E-state index in [2.05, 4.69) is 100 Å². The van der Waals surface area contributed by atoms with Crippen molar-refractivity contribution in [2.24, 2.45) is 11.8 Å². The first-order valence-electron chi connectivity index (χ1n) is 17.8. The number of fused-ring (bicyclic) bond motifs is 4. The Balaban J connectivity index is 0.000000347. The number of aliphatic hydroxyl groups is 1. The molecule has 0 aliphatic heterocycles. The topological polar surface area (TPSA) is 50.2 Å². The molecule has 0 aliphatic rings. The van der Waals surface area contributed by atoms with Crippen molar-refractivity contribution in [3.05, 3.63) is 83.3 Å². The summed E-state index contributed by atoms with van der Waals surface area (Å²) in [5, 5.41) is 14.9. The number of hydrogen-bond donors (Lipinski definition) is 1. The summed E-state index contributed by atoms with van der Waals surface area (Å²) in [4.78, 5) is 16.6. The molecule has 1 N–H and O–H groups in total. The Bertz CT molecular complexity index is 1950. The zero-order valence-electron chi connectivity index (χ0n) is 31.7. The van der Waals surface area contributed by atoms with Crippen molar-refractivity contribution in [2.45, 2.75) is 111 Å². The monoisotopic (exact) mass is 917 g/mol. The van der Waals surface area contributed by atoms with Crippen molar-refractivity contribution in [1.29, 1.82) is 0 Å². The number of aliphatic hydroxyl groups excluding tert-OH is 1. The van der Waals surface area contributed by atoms with E-state index >= 15 is 0 Å². The minimum atomic E-state index is -1.88. The van der Waals surface area contributed by atoms with Gasteiger partial charge in [-0.2, -0.15) is 0 Å². The number of aryl methyl sites for hydroxylation is 2. The molecule has 5 aromatic rings. The molecule has 2 aromatic heterocycles. The van der Waals surface area contributed by atoms with Crippen LogP contribution >= 0.6 is 11.3 Å². The first kappa shape index (κ1) is 41.1. The Kier molecular flexibility index (Phi) is 14.1. The molecule has 0 unspecified atom stereocenters.